The van der Waals surface area contributed by atoms with Crippen molar-refractivity contribution in [3.05, 3.63) is 53.6 Å². The number of aromatic nitrogens is 2. The van der Waals surface area contributed by atoms with Crippen molar-refractivity contribution < 1.29 is 13.2 Å². The zero-order valence-corrected chi connectivity index (χ0v) is 13.8. The van der Waals surface area contributed by atoms with E-state index in [0.717, 1.165) is 24.8 Å². The third-order valence-electron chi connectivity index (χ3n) is 4.84. The molecule has 1 aromatic heterocycles. The van der Waals surface area contributed by atoms with Gasteiger partial charge in [0.2, 0.25) is 5.95 Å². The van der Waals surface area contributed by atoms with Gasteiger partial charge in [0, 0.05) is 24.4 Å². The maximum atomic E-state index is 13.2. The lowest BCUT2D eigenvalue weighted by molar-refractivity contribution is 0.224. The smallest absolute Gasteiger partial charge is 0.278 e. The van der Waals surface area contributed by atoms with Crippen LogP contribution in [0.3, 0.4) is 0 Å². The highest BCUT2D eigenvalue weighted by Crippen LogP contribution is 2.43. The molecule has 0 spiro atoms. The van der Waals surface area contributed by atoms with Crippen LogP contribution in [0.2, 0.25) is 0 Å². The van der Waals surface area contributed by atoms with E-state index in [0.29, 0.717) is 17.2 Å². The zero-order chi connectivity index (χ0) is 18.1. The molecule has 1 saturated carbocycles. The average Bonchev–Trinajstić information content (AvgIpc) is 3.10. The predicted molar refractivity (Wildman–Crippen MR) is 92.2 cm³/mol. The summed E-state index contributed by atoms with van der Waals surface area (Å²) in [5.41, 5.74) is 1.45. The van der Waals surface area contributed by atoms with Crippen molar-refractivity contribution >= 4 is 17.4 Å². The van der Waals surface area contributed by atoms with Gasteiger partial charge in [-0.05, 0) is 37.0 Å². The van der Waals surface area contributed by atoms with Gasteiger partial charge in [0.1, 0.15) is 11.5 Å². The SMILES string of the molecule is Fc1ccc(C2(Nc3ncc(C4=NN=C(C(F)F)C4)cn3)CCC2)cc1. The Labute approximate surface area is 148 Å². The summed E-state index contributed by atoms with van der Waals surface area (Å²) >= 11 is 0. The summed E-state index contributed by atoms with van der Waals surface area (Å²) in [4.78, 5) is 8.58. The summed E-state index contributed by atoms with van der Waals surface area (Å²) in [6.07, 6.45) is 3.38. The van der Waals surface area contributed by atoms with Crippen LogP contribution in [0.1, 0.15) is 36.8 Å². The first-order chi connectivity index (χ1) is 12.6. The van der Waals surface area contributed by atoms with Crippen molar-refractivity contribution in [3.63, 3.8) is 0 Å². The lowest BCUT2D eigenvalue weighted by atomic mass is 9.72. The number of hydrogen-bond acceptors (Lipinski definition) is 5. The number of benzene rings is 1. The average molecular weight is 359 g/mol. The molecule has 26 heavy (non-hydrogen) atoms. The molecule has 2 aliphatic rings. The minimum Gasteiger partial charge on any atom is -0.345 e. The Morgan fingerprint density at radius 2 is 1.69 bits per heavy atom. The van der Waals surface area contributed by atoms with Gasteiger partial charge in [0.15, 0.2) is 0 Å². The van der Waals surface area contributed by atoms with Crippen molar-refractivity contribution in [2.24, 2.45) is 10.2 Å². The first-order valence-electron chi connectivity index (χ1n) is 8.34. The quantitative estimate of drug-likeness (QED) is 0.880. The van der Waals surface area contributed by atoms with Crippen LogP contribution < -0.4 is 5.32 Å². The van der Waals surface area contributed by atoms with Crippen LogP contribution in [0, 0.1) is 5.82 Å². The molecule has 1 aromatic carbocycles. The summed E-state index contributed by atoms with van der Waals surface area (Å²) in [6, 6.07) is 6.43. The van der Waals surface area contributed by atoms with Gasteiger partial charge in [0.25, 0.3) is 6.43 Å². The van der Waals surface area contributed by atoms with E-state index < -0.39 is 6.43 Å². The largest absolute Gasteiger partial charge is 0.345 e. The molecule has 2 heterocycles. The van der Waals surface area contributed by atoms with E-state index in [1.54, 1.807) is 24.5 Å². The molecule has 1 fully saturated rings. The van der Waals surface area contributed by atoms with E-state index in [4.69, 9.17) is 0 Å². The van der Waals surface area contributed by atoms with Crippen LogP contribution in [0.4, 0.5) is 19.1 Å². The van der Waals surface area contributed by atoms with Gasteiger partial charge in [-0.25, -0.2) is 23.1 Å². The Hall–Kier alpha value is -2.77. The molecule has 1 N–H and O–H groups in total. The third kappa shape index (κ3) is 3.07. The second-order valence-electron chi connectivity index (χ2n) is 6.48. The molecule has 8 heteroatoms. The molecule has 134 valence electrons. The molecular formula is C18H16F3N5. The summed E-state index contributed by atoms with van der Waals surface area (Å²) in [5.74, 6) is 0.165. The van der Waals surface area contributed by atoms with Gasteiger partial charge in [-0.3, -0.25) is 0 Å². The van der Waals surface area contributed by atoms with Gasteiger partial charge in [-0.1, -0.05) is 12.1 Å². The Bertz CT molecular complexity index is 855. The molecule has 4 rings (SSSR count). The van der Waals surface area contributed by atoms with Gasteiger partial charge in [0.05, 0.1) is 11.3 Å². The van der Waals surface area contributed by atoms with Crippen molar-refractivity contribution in [1.29, 1.82) is 0 Å². The molecule has 0 radical (unpaired) electrons. The minimum atomic E-state index is -2.60. The highest BCUT2D eigenvalue weighted by Gasteiger charge is 2.39. The summed E-state index contributed by atoms with van der Waals surface area (Å²) in [6.45, 7) is 0. The molecule has 0 atom stereocenters. The number of rotatable bonds is 5. The van der Waals surface area contributed by atoms with Crippen LogP contribution in [-0.4, -0.2) is 27.8 Å². The zero-order valence-electron chi connectivity index (χ0n) is 13.8. The summed E-state index contributed by atoms with van der Waals surface area (Å²) in [5, 5.41) is 10.6. The number of nitrogens with one attached hydrogen (secondary N) is 1. The van der Waals surface area contributed by atoms with Crippen LogP contribution in [0.25, 0.3) is 0 Å². The standard InChI is InChI=1S/C18H16F3N5/c19-13-4-2-12(3-5-13)18(6-1-7-18)24-17-22-9-11(10-23-17)14-8-15(16(20)21)26-25-14/h2-5,9-10,16H,1,6-8H2,(H,22,23,24). The molecule has 0 amide bonds. The molecule has 1 aliphatic carbocycles. The van der Waals surface area contributed by atoms with E-state index in [1.165, 1.54) is 12.1 Å². The molecule has 0 unspecified atom stereocenters. The lowest BCUT2D eigenvalue weighted by Gasteiger charge is -2.43. The second kappa shape index (κ2) is 6.51. The number of halogens is 3. The van der Waals surface area contributed by atoms with Gasteiger partial charge in [-0.2, -0.15) is 10.2 Å². The Morgan fingerprint density at radius 1 is 1.00 bits per heavy atom. The van der Waals surface area contributed by atoms with Crippen LogP contribution in [0.5, 0.6) is 0 Å². The maximum Gasteiger partial charge on any atom is 0.278 e. The van der Waals surface area contributed by atoms with Crippen LogP contribution >= 0.6 is 0 Å². The molecule has 0 bridgehead atoms. The Kier molecular flexibility index (Phi) is 4.18. The highest BCUT2D eigenvalue weighted by molar-refractivity contribution is 6.15. The Balaban J connectivity index is 1.48. The van der Waals surface area contributed by atoms with Gasteiger partial charge in [-0.15, -0.1) is 0 Å². The third-order valence-corrected chi connectivity index (χ3v) is 4.84. The first kappa shape index (κ1) is 16.7. The molecule has 5 nitrogen and oxygen atoms in total. The van der Waals surface area contributed by atoms with Crippen molar-refractivity contribution in [3.8, 4) is 0 Å². The fourth-order valence-electron chi connectivity index (χ4n) is 3.19. The van der Waals surface area contributed by atoms with Crippen molar-refractivity contribution in [1.82, 2.24) is 9.97 Å². The summed E-state index contributed by atoms with van der Waals surface area (Å²) in [7, 11) is 0. The minimum absolute atomic E-state index is 0.00726. The monoisotopic (exact) mass is 359 g/mol. The van der Waals surface area contributed by atoms with E-state index in [9.17, 15) is 13.2 Å². The maximum absolute atomic E-state index is 13.2. The molecular weight excluding hydrogens is 343 g/mol. The Morgan fingerprint density at radius 3 is 2.23 bits per heavy atom. The number of hydrogen-bond donors (Lipinski definition) is 1. The van der Waals surface area contributed by atoms with E-state index in [2.05, 4.69) is 25.5 Å². The van der Waals surface area contributed by atoms with E-state index in [-0.39, 0.29) is 23.5 Å². The van der Waals surface area contributed by atoms with E-state index >= 15 is 0 Å². The molecule has 2 aromatic rings. The summed E-state index contributed by atoms with van der Waals surface area (Å²) < 4.78 is 38.5. The first-order valence-corrected chi connectivity index (χ1v) is 8.34. The molecule has 1 aliphatic heterocycles. The molecule has 0 saturated heterocycles. The highest BCUT2D eigenvalue weighted by atomic mass is 19.3. The second-order valence-corrected chi connectivity index (χ2v) is 6.48. The fourth-order valence-corrected chi connectivity index (χ4v) is 3.19. The normalized spacial score (nSPS) is 18.3. The van der Waals surface area contributed by atoms with Crippen LogP contribution in [-0.2, 0) is 5.54 Å². The van der Waals surface area contributed by atoms with Gasteiger partial charge >= 0.3 is 0 Å². The lowest BCUT2D eigenvalue weighted by Crippen LogP contribution is -2.42. The van der Waals surface area contributed by atoms with Gasteiger partial charge < -0.3 is 5.32 Å². The van der Waals surface area contributed by atoms with Crippen molar-refractivity contribution in [2.75, 3.05) is 5.32 Å². The number of nitrogens with zero attached hydrogens (tertiary/aromatic N) is 4. The number of anilines is 1. The predicted octanol–water partition coefficient (Wildman–Crippen LogP) is 3.92. The topological polar surface area (TPSA) is 62.5 Å². The van der Waals surface area contributed by atoms with Crippen LogP contribution in [0.15, 0.2) is 46.9 Å². The van der Waals surface area contributed by atoms with E-state index in [1.807, 2.05) is 0 Å². The number of alkyl halides is 2. The fraction of sp³-hybridized carbons (Fsp3) is 0.333. The van der Waals surface area contributed by atoms with Crippen molar-refractivity contribution in [2.45, 2.75) is 37.6 Å².